The van der Waals surface area contributed by atoms with E-state index in [1.165, 1.54) is 48.9 Å². The summed E-state index contributed by atoms with van der Waals surface area (Å²) in [6.45, 7) is 0. The van der Waals surface area contributed by atoms with Gasteiger partial charge < -0.3 is 8.97 Å². The monoisotopic (exact) mass is 662 g/mol. The van der Waals surface area contributed by atoms with Crippen LogP contribution in [0.5, 0.6) is 0 Å². The van der Waals surface area contributed by atoms with Gasteiger partial charge in [0.1, 0.15) is 0 Å². The highest BCUT2D eigenvalue weighted by Crippen LogP contribution is 2.41. The predicted octanol–water partition coefficient (Wildman–Crippen LogP) is 12.3. The smallest absolute Gasteiger partial charge is 0.160 e. The predicted molar refractivity (Wildman–Crippen MR) is 216 cm³/mol. The summed E-state index contributed by atoms with van der Waals surface area (Å²) in [5.74, 6) is 0.696. The fraction of sp³-hybridized carbons (Fsp3) is 0. The Bertz CT molecular complexity index is 3110. The number of aromatic nitrogens is 4. The molecule has 0 aliphatic heterocycles. The highest BCUT2D eigenvalue weighted by Gasteiger charge is 2.20. The number of para-hydroxylation sites is 2. The molecule has 0 radical (unpaired) electrons. The molecule has 0 saturated heterocycles. The molecule has 11 aromatic rings. The summed E-state index contributed by atoms with van der Waals surface area (Å²) in [7, 11) is 0. The molecule has 4 nitrogen and oxygen atoms in total. The highest BCUT2D eigenvalue weighted by atomic mass is 15.0. The van der Waals surface area contributed by atoms with Gasteiger partial charge in [-0.05, 0) is 47.9 Å². The number of hydrogen-bond acceptors (Lipinski definition) is 2. The van der Waals surface area contributed by atoms with Crippen molar-refractivity contribution >= 4 is 59.9 Å². The molecule has 0 amide bonds. The van der Waals surface area contributed by atoms with Gasteiger partial charge >= 0.3 is 0 Å². The molecule has 0 bridgehead atoms. The Balaban J connectivity index is 1.18. The SMILES string of the molecule is c1ccc(-c2cc(-c3ccccc3)nc(-c3cccc(-n4c5ccccc5c5c4ccc4cc6c7ccccc7c7ccccc7n6c45)c3)n2)cc1. The van der Waals surface area contributed by atoms with Gasteiger partial charge in [0.25, 0.3) is 0 Å². The summed E-state index contributed by atoms with van der Waals surface area (Å²) in [4.78, 5) is 10.3. The number of pyridine rings is 1. The minimum atomic E-state index is 0.696. The third-order valence-electron chi connectivity index (χ3n) is 10.5. The van der Waals surface area contributed by atoms with Crippen molar-refractivity contribution in [3.05, 3.63) is 182 Å². The van der Waals surface area contributed by atoms with Crippen LogP contribution in [0, 0.1) is 0 Å². The van der Waals surface area contributed by atoms with E-state index in [9.17, 15) is 0 Å². The van der Waals surface area contributed by atoms with Crippen LogP contribution in [0.3, 0.4) is 0 Å². The number of fused-ring (bicyclic) bond motifs is 12. The summed E-state index contributed by atoms with van der Waals surface area (Å²) in [5, 5.41) is 7.48. The minimum absolute atomic E-state index is 0.696. The van der Waals surface area contributed by atoms with Crippen molar-refractivity contribution in [3.63, 3.8) is 0 Å². The summed E-state index contributed by atoms with van der Waals surface area (Å²) >= 11 is 0. The molecule has 7 aromatic carbocycles. The Morgan fingerprint density at radius 1 is 0.365 bits per heavy atom. The van der Waals surface area contributed by atoms with Gasteiger partial charge in [-0.1, -0.05) is 140 Å². The van der Waals surface area contributed by atoms with Crippen LogP contribution in [0.15, 0.2) is 182 Å². The molecule has 242 valence electrons. The van der Waals surface area contributed by atoms with E-state index in [0.29, 0.717) is 5.82 Å². The van der Waals surface area contributed by atoms with Gasteiger partial charge in [-0.2, -0.15) is 0 Å². The van der Waals surface area contributed by atoms with E-state index >= 15 is 0 Å². The zero-order valence-electron chi connectivity index (χ0n) is 28.1. The van der Waals surface area contributed by atoms with Crippen molar-refractivity contribution in [2.45, 2.75) is 0 Å². The molecular formula is C48H30N4. The summed E-state index contributed by atoms with van der Waals surface area (Å²) < 4.78 is 4.88. The molecular weight excluding hydrogens is 633 g/mol. The Labute approximate surface area is 299 Å². The second-order valence-corrected chi connectivity index (χ2v) is 13.4. The van der Waals surface area contributed by atoms with Crippen molar-refractivity contribution in [2.75, 3.05) is 0 Å². The van der Waals surface area contributed by atoms with Crippen LogP contribution >= 0.6 is 0 Å². The van der Waals surface area contributed by atoms with E-state index in [1.807, 2.05) is 12.1 Å². The Morgan fingerprint density at radius 2 is 0.942 bits per heavy atom. The average molecular weight is 663 g/mol. The van der Waals surface area contributed by atoms with E-state index < -0.39 is 0 Å². The van der Waals surface area contributed by atoms with Gasteiger partial charge in [0.2, 0.25) is 0 Å². The van der Waals surface area contributed by atoms with Gasteiger partial charge in [-0.15, -0.1) is 0 Å². The Kier molecular flexibility index (Phi) is 6.22. The van der Waals surface area contributed by atoms with Gasteiger partial charge in [-0.25, -0.2) is 9.97 Å². The van der Waals surface area contributed by atoms with Gasteiger partial charge in [0, 0.05) is 49.3 Å². The van der Waals surface area contributed by atoms with E-state index in [1.54, 1.807) is 0 Å². The molecule has 0 unspecified atom stereocenters. The van der Waals surface area contributed by atoms with Crippen LogP contribution in [-0.2, 0) is 0 Å². The Morgan fingerprint density at radius 3 is 1.65 bits per heavy atom. The average Bonchev–Trinajstić information content (AvgIpc) is 3.78. The second kappa shape index (κ2) is 11.2. The van der Waals surface area contributed by atoms with Crippen LogP contribution < -0.4 is 0 Å². The number of benzene rings is 7. The molecule has 0 aliphatic carbocycles. The lowest BCUT2D eigenvalue weighted by molar-refractivity contribution is 1.16. The molecule has 4 heteroatoms. The third-order valence-corrected chi connectivity index (χ3v) is 10.5. The van der Waals surface area contributed by atoms with Crippen molar-refractivity contribution < 1.29 is 0 Å². The lowest BCUT2D eigenvalue weighted by Gasteiger charge is -2.12. The highest BCUT2D eigenvalue weighted by molar-refractivity contribution is 6.24. The summed E-state index contributed by atoms with van der Waals surface area (Å²) in [5.41, 5.74) is 11.9. The number of nitrogens with zero attached hydrogens (tertiary/aromatic N) is 4. The largest absolute Gasteiger partial charge is 0.309 e. The van der Waals surface area contributed by atoms with Crippen molar-refractivity contribution in [3.8, 4) is 39.6 Å². The van der Waals surface area contributed by atoms with E-state index in [2.05, 4.69) is 179 Å². The zero-order valence-corrected chi connectivity index (χ0v) is 28.1. The Hall–Kier alpha value is -7.04. The molecule has 0 fully saturated rings. The third kappa shape index (κ3) is 4.28. The molecule has 0 aliphatic rings. The molecule has 4 heterocycles. The molecule has 0 atom stereocenters. The number of hydrogen-bond donors (Lipinski definition) is 0. The van der Waals surface area contributed by atoms with Crippen LogP contribution in [0.2, 0.25) is 0 Å². The maximum absolute atomic E-state index is 5.14. The van der Waals surface area contributed by atoms with Crippen LogP contribution in [0.4, 0.5) is 0 Å². The molecule has 0 spiro atoms. The quantitative estimate of drug-likeness (QED) is 0.176. The fourth-order valence-electron chi connectivity index (χ4n) is 8.19. The van der Waals surface area contributed by atoms with Gasteiger partial charge in [0.05, 0.1) is 39.0 Å². The standard InChI is InChI=1S/C48H30N4/c1-3-14-31(15-4-1)40-30-41(32-16-5-2-6-17-32)50-48(49-40)34-18-13-19-35(28-34)51-43-25-12-10-23-39(43)46-44(51)27-26-33-29-45-38-22-8-7-20-36(38)37-21-9-11-24-42(37)52(45)47(33)46/h1-30H. The van der Waals surface area contributed by atoms with Crippen LogP contribution in [-0.4, -0.2) is 18.9 Å². The maximum atomic E-state index is 5.14. The van der Waals surface area contributed by atoms with Gasteiger partial charge in [-0.3, -0.25) is 0 Å². The van der Waals surface area contributed by atoms with E-state index in [4.69, 9.17) is 9.97 Å². The zero-order chi connectivity index (χ0) is 34.2. The first kappa shape index (κ1) is 28.8. The van der Waals surface area contributed by atoms with Crippen molar-refractivity contribution in [1.29, 1.82) is 0 Å². The molecule has 4 aromatic heterocycles. The van der Waals surface area contributed by atoms with Crippen molar-refractivity contribution in [1.82, 2.24) is 18.9 Å². The van der Waals surface area contributed by atoms with Crippen LogP contribution in [0.25, 0.3) is 99.5 Å². The molecule has 0 N–H and O–H groups in total. The second-order valence-electron chi connectivity index (χ2n) is 13.4. The molecule has 11 rings (SSSR count). The first-order chi connectivity index (χ1) is 25.8. The lowest BCUT2D eigenvalue weighted by Crippen LogP contribution is -1.98. The summed E-state index contributed by atoms with van der Waals surface area (Å²) in [6, 6.07) is 64.7. The first-order valence-corrected chi connectivity index (χ1v) is 17.7. The van der Waals surface area contributed by atoms with E-state index in [-0.39, 0.29) is 0 Å². The lowest BCUT2D eigenvalue weighted by atomic mass is 10.1. The number of rotatable bonds is 4. The van der Waals surface area contributed by atoms with Gasteiger partial charge in [0.15, 0.2) is 5.82 Å². The normalized spacial score (nSPS) is 11.8. The minimum Gasteiger partial charge on any atom is -0.309 e. The molecule has 0 saturated carbocycles. The first-order valence-electron chi connectivity index (χ1n) is 17.7. The fourth-order valence-corrected chi connectivity index (χ4v) is 8.19. The topological polar surface area (TPSA) is 35.1 Å². The maximum Gasteiger partial charge on any atom is 0.160 e. The van der Waals surface area contributed by atoms with E-state index in [0.717, 1.165) is 44.8 Å². The van der Waals surface area contributed by atoms with Crippen LogP contribution in [0.1, 0.15) is 0 Å². The van der Waals surface area contributed by atoms with Crippen molar-refractivity contribution in [2.24, 2.45) is 0 Å². The molecule has 52 heavy (non-hydrogen) atoms. The summed E-state index contributed by atoms with van der Waals surface area (Å²) in [6.07, 6.45) is 0.